The summed E-state index contributed by atoms with van der Waals surface area (Å²) in [6.07, 6.45) is 5.43. The van der Waals surface area contributed by atoms with Gasteiger partial charge in [-0.1, -0.05) is 55.3 Å². The number of anilines is 1. The van der Waals surface area contributed by atoms with Crippen molar-refractivity contribution in [2.75, 3.05) is 11.4 Å². The van der Waals surface area contributed by atoms with Crippen molar-refractivity contribution in [2.45, 2.75) is 44.7 Å². The monoisotopic (exact) mass is 459 g/mol. The van der Waals surface area contributed by atoms with Gasteiger partial charge in [-0.05, 0) is 55.2 Å². The number of benzene rings is 2. The quantitative estimate of drug-likeness (QED) is 0.529. The molecule has 34 heavy (non-hydrogen) atoms. The third-order valence-corrected chi connectivity index (χ3v) is 6.14. The van der Waals surface area contributed by atoms with Crippen LogP contribution >= 0.6 is 0 Å². The molecule has 0 saturated heterocycles. The highest BCUT2D eigenvalue weighted by Gasteiger charge is 2.35. The van der Waals surface area contributed by atoms with Crippen molar-refractivity contribution in [1.82, 2.24) is 10.6 Å². The Morgan fingerprint density at radius 1 is 0.971 bits per heavy atom. The maximum Gasteiger partial charge on any atom is 0.287 e. The number of rotatable bonds is 8. The van der Waals surface area contributed by atoms with Gasteiger partial charge in [-0.3, -0.25) is 19.3 Å². The van der Waals surface area contributed by atoms with Crippen LogP contribution in [0.4, 0.5) is 5.69 Å². The van der Waals surface area contributed by atoms with E-state index < -0.39 is 17.9 Å². The lowest BCUT2D eigenvalue weighted by molar-refractivity contribution is -0.126. The maximum absolute atomic E-state index is 13.7. The van der Waals surface area contributed by atoms with Gasteiger partial charge in [0.15, 0.2) is 5.76 Å². The number of para-hydroxylation sites is 1. The van der Waals surface area contributed by atoms with E-state index in [1.807, 2.05) is 49.4 Å². The summed E-state index contributed by atoms with van der Waals surface area (Å²) in [5, 5.41) is 5.77. The zero-order chi connectivity index (χ0) is 23.9. The molecule has 3 amide bonds. The number of aryl methyl sites for hydroxylation is 1. The molecule has 1 aliphatic rings. The van der Waals surface area contributed by atoms with Gasteiger partial charge in [0, 0.05) is 11.7 Å². The molecule has 0 bridgehead atoms. The summed E-state index contributed by atoms with van der Waals surface area (Å²) in [6.45, 7) is 1.64. The molecule has 1 aromatic heterocycles. The number of furan rings is 1. The Bertz CT molecular complexity index is 1120. The Labute approximate surface area is 199 Å². The number of nitrogens with zero attached hydrogens (tertiary/aromatic N) is 1. The van der Waals surface area contributed by atoms with E-state index >= 15 is 0 Å². The summed E-state index contributed by atoms with van der Waals surface area (Å²) in [4.78, 5) is 41.1. The number of carbonyl (C=O) groups excluding carboxylic acids is 3. The lowest BCUT2D eigenvalue weighted by Gasteiger charge is -2.33. The van der Waals surface area contributed by atoms with E-state index in [-0.39, 0.29) is 24.3 Å². The molecule has 1 aliphatic carbocycles. The molecule has 2 N–H and O–H groups in total. The summed E-state index contributed by atoms with van der Waals surface area (Å²) in [7, 11) is 0. The van der Waals surface area contributed by atoms with Crippen LogP contribution < -0.4 is 15.5 Å². The van der Waals surface area contributed by atoms with Crippen LogP contribution in [0.25, 0.3) is 0 Å². The first-order valence-corrected chi connectivity index (χ1v) is 11.6. The third-order valence-electron chi connectivity index (χ3n) is 6.14. The number of hydrogen-bond acceptors (Lipinski definition) is 4. The molecular formula is C27H29N3O4. The molecule has 1 fully saturated rings. The average Bonchev–Trinajstić information content (AvgIpc) is 3.56. The van der Waals surface area contributed by atoms with Crippen LogP contribution in [0.2, 0.25) is 0 Å². The molecule has 1 heterocycles. The maximum atomic E-state index is 13.7. The van der Waals surface area contributed by atoms with Crippen LogP contribution in [0.1, 0.15) is 53.4 Å². The predicted octanol–water partition coefficient (Wildman–Crippen LogP) is 4.15. The molecule has 1 saturated carbocycles. The van der Waals surface area contributed by atoms with Crippen LogP contribution in [-0.4, -0.2) is 30.3 Å². The second kappa shape index (κ2) is 10.8. The van der Waals surface area contributed by atoms with Gasteiger partial charge in [0.2, 0.25) is 11.8 Å². The Balaban J connectivity index is 1.67. The Morgan fingerprint density at radius 2 is 1.68 bits per heavy atom. The lowest BCUT2D eigenvalue weighted by atomic mass is 9.97. The third kappa shape index (κ3) is 5.36. The Hall–Kier alpha value is -3.87. The van der Waals surface area contributed by atoms with Gasteiger partial charge in [0.1, 0.15) is 6.04 Å². The van der Waals surface area contributed by atoms with Crippen molar-refractivity contribution >= 4 is 23.4 Å². The van der Waals surface area contributed by atoms with Gasteiger partial charge in [-0.2, -0.15) is 0 Å². The first kappa shape index (κ1) is 23.3. The van der Waals surface area contributed by atoms with Gasteiger partial charge >= 0.3 is 0 Å². The van der Waals surface area contributed by atoms with Crippen molar-refractivity contribution in [3.05, 3.63) is 89.9 Å². The summed E-state index contributed by atoms with van der Waals surface area (Å²) in [6, 6.07) is 19.0. The highest BCUT2D eigenvalue weighted by atomic mass is 16.3. The van der Waals surface area contributed by atoms with Crippen molar-refractivity contribution < 1.29 is 18.8 Å². The van der Waals surface area contributed by atoms with Crippen LogP contribution in [0, 0.1) is 6.92 Å². The van der Waals surface area contributed by atoms with E-state index in [1.54, 1.807) is 18.2 Å². The average molecular weight is 460 g/mol. The van der Waals surface area contributed by atoms with E-state index in [4.69, 9.17) is 4.42 Å². The number of nitrogens with one attached hydrogen (secondary N) is 2. The van der Waals surface area contributed by atoms with Crippen LogP contribution in [0.5, 0.6) is 0 Å². The standard InChI is InChI=1S/C27H29N3O4/c1-19-10-5-8-15-22(19)25(27(33)29-20-11-6-7-12-20)30(21-13-3-2-4-14-21)24(31)18-28-26(32)23-16-9-17-34-23/h2-5,8-10,13-17,20,25H,6-7,11-12,18H2,1H3,(H,28,32)(H,29,33)/t25-/m1/s1. The largest absolute Gasteiger partial charge is 0.459 e. The Kier molecular flexibility index (Phi) is 7.42. The highest BCUT2D eigenvalue weighted by Crippen LogP contribution is 2.30. The van der Waals surface area contributed by atoms with Crippen LogP contribution in [-0.2, 0) is 9.59 Å². The van der Waals surface area contributed by atoms with E-state index in [2.05, 4.69) is 10.6 Å². The first-order valence-electron chi connectivity index (χ1n) is 11.6. The van der Waals surface area contributed by atoms with Crippen molar-refractivity contribution in [3.63, 3.8) is 0 Å². The van der Waals surface area contributed by atoms with Crippen LogP contribution in [0.3, 0.4) is 0 Å². The molecule has 0 spiro atoms. The normalized spacial score (nSPS) is 14.4. The molecule has 7 nitrogen and oxygen atoms in total. The molecule has 176 valence electrons. The zero-order valence-corrected chi connectivity index (χ0v) is 19.2. The van der Waals surface area contributed by atoms with E-state index in [1.165, 1.54) is 17.2 Å². The van der Waals surface area contributed by atoms with Gasteiger partial charge in [0.25, 0.3) is 5.91 Å². The fourth-order valence-corrected chi connectivity index (χ4v) is 4.40. The fourth-order valence-electron chi connectivity index (χ4n) is 4.40. The van der Waals surface area contributed by atoms with E-state index in [0.29, 0.717) is 5.69 Å². The first-order chi connectivity index (χ1) is 16.5. The van der Waals surface area contributed by atoms with Crippen molar-refractivity contribution in [1.29, 1.82) is 0 Å². The molecule has 7 heteroatoms. The van der Waals surface area contributed by atoms with Crippen molar-refractivity contribution in [2.24, 2.45) is 0 Å². The fraction of sp³-hybridized carbons (Fsp3) is 0.296. The van der Waals surface area contributed by atoms with Crippen molar-refractivity contribution in [3.8, 4) is 0 Å². The lowest BCUT2D eigenvalue weighted by Crippen LogP contribution is -2.49. The molecule has 0 radical (unpaired) electrons. The minimum absolute atomic E-state index is 0.102. The molecule has 0 aliphatic heterocycles. The second-order valence-corrected chi connectivity index (χ2v) is 8.51. The molecule has 4 rings (SSSR count). The van der Waals surface area contributed by atoms with E-state index in [9.17, 15) is 14.4 Å². The van der Waals surface area contributed by atoms with Gasteiger partial charge in [-0.25, -0.2) is 0 Å². The molecule has 1 atom stereocenters. The second-order valence-electron chi connectivity index (χ2n) is 8.51. The molecule has 3 aromatic rings. The molecule has 2 aromatic carbocycles. The summed E-state index contributed by atoms with van der Waals surface area (Å²) < 4.78 is 5.12. The number of hydrogen-bond donors (Lipinski definition) is 2. The summed E-state index contributed by atoms with van der Waals surface area (Å²) in [5.74, 6) is -1.00. The summed E-state index contributed by atoms with van der Waals surface area (Å²) in [5.41, 5.74) is 2.23. The van der Waals surface area contributed by atoms with Crippen LogP contribution in [0.15, 0.2) is 77.4 Å². The SMILES string of the molecule is Cc1ccccc1[C@H](C(=O)NC1CCCC1)N(C(=O)CNC(=O)c1ccco1)c1ccccc1. The zero-order valence-electron chi connectivity index (χ0n) is 19.2. The topological polar surface area (TPSA) is 91.7 Å². The smallest absolute Gasteiger partial charge is 0.287 e. The minimum atomic E-state index is -0.878. The number of amides is 3. The molecular weight excluding hydrogens is 430 g/mol. The minimum Gasteiger partial charge on any atom is -0.459 e. The predicted molar refractivity (Wildman–Crippen MR) is 129 cm³/mol. The van der Waals surface area contributed by atoms with Gasteiger partial charge in [-0.15, -0.1) is 0 Å². The van der Waals surface area contributed by atoms with Gasteiger partial charge in [0.05, 0.1) is 12.8 Å². The van der Waals surface area contributed by atoms with E-state index in [0.717, 1.165) is 36.8 Å². The number of carbonyl (C=O) groups is 3. The Morgan fingerprint density at radius 3 is 2.35 bits per heavy atom. The molecule has 0 unspecified atom stereocenters. The highest BCUT2D eigenvalue weighted by molar-refractivity contribution is 6.04. The van der Waals surface area contributed by atoms with Gasteiger partial charge < -0.3 is 15.1 Å². The summed E-state index contributed by atoms with van der Waals surface area (Å²) >= 11 is 0.